The molecule has 2 heterocycles. The van der Waals surface area contributed by atoms with Crippen LogP contribution in [0.1, 0.15) is 6.42 Å². The lowest BCUT2D eigenvalue weighted by Gasteiger charge is -2.24. The van der Waals surface area contributed by atoms with Gasteiger partial charge in [-0.15, -0.1) is 0 Å². The largest absolute Gasteiger partial charge is 0.383 e. The van der Waals surface area contributed by atoms with Gasteiger partial charge in [0.2, 0.25) is 0 Å². The van der Waals surface area contributed by atoms with Gasteiger partial charge in [0.1, 0.15) is 0 Å². The topological polar surface area (TPSA) is 33.1 Å². The van der Waals surface area contributed by atoms with E-state index in [0.29, 0.717) is 0 Å². The lowest BCUT2D eigenvalue weighted by molar-refractivity contribution is 0.594. The number of hydrogen-bond donors (Lipinski definition) is 1. The van der Waals surface area contributed by atoms with Crippen molar-refractivity contribution in [1.29, 1.82) is 0 Å². The molecule has 0 radical (unpaired) electrons. The van der Waals surface area contributed by atoms with Crippen LogP contribution in [-0.2, 0) is 6.54 Å². The summed E-state index contributed by atoms with van der Waals surface area (Å²) in [6.07, 6.45) is 5.02. The SMILES string of the molecule is c1ccc2c(c1)NCCCN2CCn1cccn1. The first-order valence-electron chi connectivity index (χ1n) is 6.49. The molecule has 0 saturated heterocycles. The number of nitrogens with one attached hydrogen (secondary N) is 1. The smallest absolute Gasteiger partial charge is 0.0602 e. The van der Waals surface area contributed by atoms with Crippen molar-refractivity contribution in [3.63, 3.8) is 0 Å². The molecule has 4 nitrogen and oxygen atoms in total. The molecule has 0 bridgehead atoms. The van der Waals surface area contributed by atoms with E-state index in [4.69, 9.17) is 0 Å². The van der Waals surface area contributed by atoms with Gasteiger partial charge in [-0.2, -0.15) is 5.10 Å². The monoisotopic (exact) mass is 242 g/mol. The van der Waals surface area contributed by atoms with E-state index in [2.05, 4.69) is 39.6 Å². The Kier molecular flexibility index (Phi) is 3.17. The fourth-order valence-electron chi connectivity index (χ4n) is 2.40. The number of hydrogen-bond acceptors (Lipinski definition) is 3. The first-order valence-corrected chi connectivity index (χ1v) is 6.49. The van der Waals surface area contributed by atoms with Crippen LogP contribution in [0.3, 0.4) is 0 Å². The lowest BCUT2D eigenvalue weighted by atomic mass is 10.2. The molecule has 3 rings (SSSR count). The Hall–Kier alpha value is -1.97. The number of fused-ring (bicyclic) bond motifs is 1. The minimum atomic E-state index is 0.932. The summed E-state index contributed by atoms with van der Waals surface area (Å²) in [6.45, 7) is 4.09. The Bertz CT molecular complexity index is 492. The van der Waals surface area contributed by atoms with Crippen molar-refractivity contribution < 1.29 is 0 Å². The van der Waals surface area contributed by atoms with E-state index in [1.807, 2.05) is 23.1 Å². The van der Waals surface area contributed by atoms with Crippen LogP contribution in [0.2, 0.25) is 0 Å². The van der Waals surface area contributed by atoms with Crippen molar-refractivity contribution >= 4 is 11.4 Å². The molecule has 0 amide bonds. The van der Waals surface area contributed by atoms with E-state index in [1.165, 1.54) is 17.8 Å². The average molecular weight is 242 g/mol. The summed E-state index contributed by atoms with van der Waals surface area (Å²) in [7, 11) is 0. The van der Waals surface area contributed by atoms with Crippen molar-refractivity contribution in [1.82, 2.24) is 9.78 Å². The van der Waals surface area contributed by atoms with Gasteiger partial charge in [-0.25, -0.2) is 0 Å². The third-order valence-electron chi connectivity index (χ3n) is 3.32. The van der Waals surface area contributed by atoms with Gasteiger partial charge in [-0.05, 0) is 24.6 Å². The molecule has 0 unspecified atom stereocenters. The zero-order chi connectivity index (χ0) is 12.2. The van der Waals surface area contributed by atoms with Gasteiger partial charge >= 0.3 is 0 Å². The predicted octanol–water partition coefficient (Wildman–Crippen LogP) is 2.21. The Labute approximate surface area is 107 Å². The van der Waals surface area contributed by atoms with Crippen molar-refractivity contribution in [2.24, 2.45) is 0 Å². The molecule has 2 aromatic rings. The predicted molar refractivity (Wildman–Crippen MR) is 74.0 cm³/mol. The van der Waals surface area contributed by atoms with Crippen LogP contribution >= 0.6 is 0 Å². The van der Waals surface area contributed by atoms with Gasteiger partial charge in [0.15, 0.2) is 0 Å². The Morgan fingerprint density at radius 1 is 1.17 bits per heavy atom. The Morgan fingerprint density at radius 3 is 3.00 bits per heavy atom. The molecule has 1 aromatic carbocycles. The van der Waals surface area contributed by atoms with Crippen molar-refractivity contribution in [3.8, 4) is 0 Å². The zero-order valence-electron chi connectivity index (χ0n) is 10.4. The summed E-state index contributed by atoms with van der Waals surface area (Å²) in [4.78, 5) is 2.44. The van der Waals surface area contributed by atoms with Gasteiger partial charge in [-0.3, -0.25) is 4.68 Å². The highest BCUT2D eigenvalue weighted by Gasteiger charge is 2.13. The summed E-state index contributed by atoms with van der Waals surface area (Å²) in [5.41, 5.74) is 2.55. The third-order valence-corrected chi connectivity index (χ3v) is 3.32. The molecule has 0 fully saturated rings. The van der Waals surface area contributed by atoms with E-state index in [-0.39, 0.29) is 0 Å². The summed E-state index contributed by atoms with van der Waals surface area (Å²) in [6, 6.07) is 10.5. The number of nitrogens with zero attached hydrogens (tertiary/aromatic N) is 3. The molecule has 4 heteroatoms. The number of para-hydroxylation sites is 2. The van der Waals surface area contributed by atoms with Crippen LogP contribution in [-0.4, -0.2) is 29.4 Å². The zero-order valence-corrected chi connectivity index (χ0v) is 10.4. The summed E-state index contributed by atoms with van der Waals surface area (Å²) in [5, 5.41) is 7.74. The van der Waals surface area contributed by atoms with Gasteiger partial charge in [0.25, 0.3) is 0 Å². The second-order valence-corrected chi connectivity index (χ2v) is 4.55. The quantitative estimate of drug-likeness (QED) is 0.895. The molecular formula is C14H18N4. The third kappa shape index (κ3) is 2.32. The fraction of sp³-hybridized carbons (Fsp3) is 0.357. The van der Waals surface area contributed by atoms with E-state index >= 15 is 0 Å². The van der Waals surface area contributed by atoms with Crippen molar-refractivity contribution in [2.75, 3.05) is 29.9 Å². The fourth-order valence-corrected chi connectivity index (χ4v) is 2.40. The standard InChI is InChI=1S/C14H18N4/c1-2-6-14-13(5-1)15-7-3-9-17(14)11-12-18-10-4-8-16-18/h1-2,4-6,8,10,15H,3,7,9,11-12H2. The van der Waals surface area contributed by atoms with Crippen LogP contribution in [0.25, 0.3) is 0 Å². The lowest BCUT2D eigenvalue weighted by Crippen LogP contribution is -2.28. The summed E-state index contributed by atoms with van der Waals surface area (Å²) < 4.78 is 1.99. The maximum absolute atomic E-state index is 4.25. The number of anilines is 2. The molecular weight excluding hydrogens is 224 g/mol. The van der Waals surface area contributed by atoms with Crippen LogP contribution in [0.15, 0.2) is 42.7 Å². The molecule has 1 aliphatic rings. The summed E-state index contributed by atoms with van der Waals surface area (Å²) in [5.74, 6) is 0. The minimum absolute atomic E-state index is 0.932. The number of benzene rings is 1. The molecule has 18 heavy (non-hydrogen) atoms. The molecule has 0 spiro atoms. The van der Waals surface area contributed by atoms with Gasteiger partial charge in [0.05, 0.1) is 17.9 Å². The van der Waals surface area contributed by atoms with E-state index < -0.39 is 0 Å². The first kappa shape index (κ1) is 11.1. The van der Waals surface area contributed by atoms with Crippen molar-refractivity contribution in [3.05, 3.63) is 42.7 Å². The summed E-state index contributed by atoms with van der Waals surface area (Å²) >= 11 is 0. The second kappa shape index (κ2) is 5.12. The number of aromatic nitrogens is 2. The second-order valence-electron chi connectivity index (χ2n) is 4.55. The molecule has 0 saturated carbocycles. The highest BCUT2D eigenvalue weighted by molar-refractivity contribution is 5.70. The van der Waals surface area contributed by atoms with Crippen LogP contribution in [0.4, 0.5) is 11.4 Å². The highest BCUT2D eigenvalue weighted by Crippen LogP contribution is 2.27. The van der Waals surface area contributed by atoms with Crippen LogP contribution < -0.4 is 10.2 Å². The molecule has 94 valence electrons. The molecule has 1 aliphatic heterocycles. The maximum atomic E-state index is 4.25. The van der Waals surface area contributed by atoms with Crippen molar-refractivity contribution in [2.45, 2.75) is 13.0 Å². The number of rotatable bonds is 3. The molecule has 1 aromatic heterocycles. The van der Waals surface area contributed by atoms with E-state index in [0.717, 1.165) is 26.2 Å². The minimum Gasteiger partial charge on any atom is -0.383 e. The van der Waals surface area contributed by atoms with Crippen LogP contribution in [0.5, 0.6) is 0 Å². The average Bonchev–Trinajstić information content (AvgIpc) is 2.84. The van der Waals surface area contributed by atoms with Gasteiger partial charge < -0.3 is 10.2 Å². The first-order chi connectivity index (χ1) is 8.93. The Balaban J connectivity index is 1.75. The molecule has 0 aliphatic carbocycles. The normalized spacial score (nSPS) is 14.8. The van der Waals surface area contributed by atoms with Crippen LogP contribution in [0, 0.1) is 0 Å². The van der Waals surface area contributed by atoms with Gasteiger partial charge in [-0.1, -0.05) is 12.1 Å². The van der Waals surface area contributed by atoms with E-state index in [9.17, 15) is 0 Å². The molecule has 1 N–H and O–H groups in total. The molecule has 0 atom stereocenters. The Morgan fingerprint density at radius 2 is 2.11 bits per heavy atom. The highest BCUT2D eigenvalue weighted by atomic mass is 15.3. The van der Waals surface area contributed by atoms with E-state index in [1.54, 1.807) is 0 Å². The van der Waals surface area contributed by atoms with Gasteiger partial charge in [0, 0.05) is 32.0 Å². The maximum Gasteiger partial charge on any atom is 0.0602 e.